The summed E-state index contributed by atoms with van der Waals surface area (Å²) in [4.78, 5) is 25.5. The number of carbonyl (C=O) groups is 2. The predicted molar refractivity (Wildman–Crippen MR) is 78.9 cm³/mol. The van der Waals surface area contributed by atoms with E-state index >= 15 is 0 Å². The third-order valence-electron chi connectivity index (χ3n) is 3.49. The molecule has 1 heterocycles. The van der Waals surface area contributed by atoms with Gasteiger partial charge in [-0.25, -0.2) is 4.79 Å². The van der Waals surface area contributed by atoms with Crippen molar-refractivity contribution in [3.8, 4) is 0 Å². The molecule has 1 fully saturated rings. The molecular formula is C15H21N3O3. The Morgan fingerprint density at radius 3 is 2.71 bits per heavy atom. The second kappa shape index (κ2) is 7.75. The van der Waals surface area contributed by atoms with Gasteiger partial charge in [-0.3, -0.25) is 9.69 Å². The van der Waals surface area contributed by atoms with E-state index in [1.54, 1.807) is 24.3 Å². The van der Waals surface area contributed by atoms with E-state index < -0.39 is 12.0 Å². The first kappa shape index (κ1) is 15.5. The van der Waals surface area contributed by atoms with Gasteiger partial charge in [0, 0.05) is 13.1 Å². The van der Waals surface area contributed by atoms with Crippen molar-refractivity contribution in [1.29, 1.82) is 0 Å². The van der Waals surface area contributed by atoms with Crippen LogP contribution < -0.4 is 10.6 Å². The minimum atomic E-state index is -1.05. The molecular weight excluding hydrogens is 270 g/mol. The maximum atomic E-state index is 12.1. The van der Waals surface area contributed by atoms with E-state index in [0.717, 1.165) is 32.6 Å². The lowest BCUT2D eigenvalue weighted by Crippen LogP contribution is -2.42. The van der Waals surface area contributed by atoms with Crippen LogP contribution >= 0.6 is 0 Å². The van der Waals surface area contributed by atoms with Crippen molar-refractivity contribution in [2.24, 2.45) is 0 Å². The van der Waals surface area contributed by atoms with Gasteiger partial charge in [0.2, 0.25) is 5.91 Å². The number of aliphatic carboxylic acids is 1. The molecule has 0 saturated carbocycles. The third kappa shape index (κ3) is 4.84. The Kier molecular flexibility index (Phi) is 5.71. The summed E-state index contributed by atoms with van der Waals surface area (Å²) in [7, 11) is 0. The summed E-state index contributed by atoms with van der Waals surface area (Å²) >= 11 is 0. The summed E-state index contributed by atoms with van der Waals surface area (Å²) in [6.07, 6.45) is 0.994. The lowest BCUT2D eigenvalue weighted by molar-refractivity contribution is -0.142. The summed E-state index contributed by atoms with van der Waals surface area (Å²) in [5.41, 5.74) is 0.580. The van der Waals surface area contributed by atoms with Crippen LogP contribution in [0, 0.1) is 0 Å². The van der Waals surface area contributed by atoms with Gasteiger partial charge in [-0.1, -0.05) is 30.3 Å². The number of hydrogen-bond donors (Lipinski definition) is 3. The molecule has 0 unspecified atom stereocenters. The number of carboxylic acids is 1. The molecule has 1 aliphatic rings. The van der Waals surface area contributed by atoms with Gasteiger partial charge < -0.3 is 15.7 Å². The Bertz CT molecular complexity index is 470. The van der Waals surface area contributed by atoms with Crippen LogP contribution in [0.2, 0.25) is 0 Å². The first-order chi connectivity index (χ1) is 10.2. The number of rotatable bonds is 5. The number of nitrogens with one attached hydrogen (secondary N) is 2. The fourth-order valence-electron chi connectivity index (χ4n) is 2.40. The van der Waals surface area contributed by atoms with E-state index in [0.29, 0.717) is 5.56 Å². The van der Waals surface area contributed by atoms with Gasteiger partial charge in [0.05, 0.1) is 6.54 Å². The Hall–Kier alpha value is -1.92. The summed E-state index contributed by atoms with van der Waals surface area (Å²) in [5.74, 6) is -1.31. The maximum Gasteiger partial charge on any atom is 0.330 e. The molecule has 0 radical (unpaired) electrons. The topological polar surface area (TPSA) is 81.7 Å². The molecule has 21 heavy (non-hydrogen) atoms. The molecule has 1 aromatic rings. The highest BCUT2D eigenvalue weighted by atomic mass is 16.4. The maximum absolute atomic E-state index is 12.1. The van der Waals surface area contributed by atoms with E-state index in [2.05, 4.69) is 10.6 Å². The van der Waals surface area contributed by atoms with Gasteiger partial charge in [0.25, 0.3) is 0 Å². The van der Waals surface area contributed by atoms with Gasteiger partial charge in [0.15, 0.2) is 6.04 Å². The Labute approximate surface area is 124 Å². The van der Waals surface area contributed by atoms with Crippen LogP contribution in [0.4, 0.5) is 0 Å². The molecule has 0 spiro atoms. The Morgan fingerprint density at radius 2 is 2.00 bits per heavy atom. The van der Waals surface area contributed by atoms with E-state index in [1.807, 2.05) is 11.0 Å². The molecule has 1 aromatic carbocycles. The minimum absolute atomic E-state index is 0.234. The standard InChI is InChI=1S/C15H21N3O3/c19-13(11-18-9-4-7-16-8-10-18)17-14(15(20)21)12-5-2-1-3-6-12/h1-3,5-6,14,16H,4,7-11H2,(H,17,19)(H,20,21)/t14-/m0/s1. The molecule has 0 bridgehead atoms. The van der Waals surface area contributed by atoms with E-state index in [1.165, 1.54) is 0 Å². The average Bonchev–Trinajstić information content (AvgIpc) is 2.74. The van der Waals surface area contributed by atoms with Crippen molar-refractivity contribution in [2.45, 2.75) is 12.5 Å². The van der Waals surface area contributed by atoms with E-state index in [-0.39, 0.29) is 12.5 Å². The molecule has 0 aliphatic carbocycles. The highest BCUT2D eigenvalue weighted by Gasteiger charge is 2.22. The largest absolute Gasteiger partial charge is 0.479 e. The molecule has 6 nitrogen and oxygen atoms in total. The van der Waals surface area contributed by atoms with Crippen LogP contribution in [0.3, 0.4) is 0 Å². The number of amides is 1. The molecule has 6 heteroatoms. The summed E-state index contributed by atoms with van der Waals surface area (Å²) in [5, 5.41) is 15.2. The highest BCUT2D eigenvalue weighted by molar-refractivity contribution is 5.85. The smallest absolute Gasteiger partial charge is 0.330 e. The van der Waals surface area contributed by atoms with Crippen molar-refractivity contribution < 1.29 is 14.7 Å². The minimum Gasteiger partial charge on any atom is -0.479 e. The fraction of sp³-hybridized carbons (Fsp3) is 0.467. The molecule has 1 amide bonds. The van der Waals surface area contributed by atoms with E-state index in [9.17, 15) is 14.7 Å². The van der Waals surface area contributed by atoms with Crippen LogP contribution in [0.5, 0.6) is 0 Å². The van der Waals surface area contributed by atoms with Crippen LogP contribution in [0.1, 0.15) is 18.0 Å². The number of carboxylic acid groups (broad SMARTS) is 1. The normalized spacial score (nSPS) is 17.7. The van der Waals surface area contributed by atoms with Crippen molar-refractivity contribution in [2.75, 3.05) is 32.7 Å². The Morgan fingerprint density at radius 1 is 1.24 bits per heavy atom. The first-order valence-corrected chi connectivity index (χ1v) is 7.17. The molecule has 1 saturated heterocycles. The molecule has 2 rings (SSSR count). The SMILES string of the molecule is O=C(CN1CCCNCC1)N[C@H](C(=O)O)c1ccccc1. The summed E-state index contributed by atoms with van der Waals surface area (Å²) in [6.45, 7) is 3.70. The van der Waals surface area contributed by atoms with Gasteiger partial charge in [-0.05, 0) is 25.1 Å². The average molecular weight is 291 g/mol. The lowest BCUT2D eigenvalue weighted by atomic mass is 10.1. The van der Waals surface area contributed by atoms with E-state index in [4.69, 9.17) is 0 Å². The zero-order chi connectivity index (χ0) is 15.1. The van der Waals surface area contributed by atoms with Gasteiger partial charge in [-0.2, -0.15) is 0 Å². The van der Waals surface area contributed by atoms with Gasteiger partial charge >= 0.3 is 5.97 Å². The van der Waals surface area contributed by atoms with Gasteiger partial charge in [0.1, 0.15) is 0 Å². The monoisotopic (exact) mass is 291 g/mol. The zero-order valence-electron chi connectivity index (χ0n) is 11.9. The van der Waals surface area contributed by atoms with Crippen LogP contribution in [0.25, 0.3) is 0 Å². The third-order valence-corrected chi connectivity index (χ3v) is 3.49. The molecule has 114 valence electrons. The van der Waals surface area contributed by atoms with Crippen molar-refractivity contribution >= 4 is 11.9 Å². The van der Waals surface area contributed by atoms with Crippen molar-refractivity contribution in [3.05, 3.63) is 35.9 Å². The number of nitrogens with zero attached hydrogens (tertiary/aromatic N) is 1. The highest BCUT2D eigenvalue weighted by Crippen LogP contribution is 2.12. The second-order valence-corrected chi connectivity index (χ2v) is 5.13. The van der Waals surface area contributed by atoms with Crippen LogP contribution in [-0.4, -0.2) is 54.6 Å². The second-order valence-electron chi connectivity index (χ2n) is 5.13. The quantitative estimate of drug-likeness (QED) is 0.723. The van der Waals surface area contributed by atoms with Crippen LogP contribution in [-0.2, 0) is 9.59 Å². The molecule has 1 atom stereocenters. The predicted octanol–water partition coefficient (Wildman–Crippen LogP) is 0.224. The van der Waals surface area contributed by atoms with Gasteiger partial charge in [-0.15, -0.1) is 0 Å². The molecule has 1 aliphatic heterocycles. The molecule has 3 N–H and O–H groups in total. The van der Waals surface area contributed by atoms with Crippen molar-refractivity contribution in [3.63, 3.8) is 0 Å². The molecule has 0 aromatic heterocycles. The Balaban J connectivity index is 1.94. The summed E-state index contributed by atoms with van der Waals surface area (Å²) < 4.78 is 0. The lowest BCUT2D eigenvalue weighted by Gasteiger charge is -2.21. The number of hydrogen-bond acceptors (Lipinski definition) is 4. The number of benzene rings is 1. The first-order valence-electron chi connectivity index (χ1n) is 7.17. The van der Waals surface area contributed by atoms with Crippen molar-refractivity contribution in [1.82, 2.24) is 15.5 Å². The van der Waals surface area contributed by atoms with Crippen LogP contribution in [0.15, 0.2) is 30.3 Å². The zero-order valence-corrected chi connectivity index (χ0v) is 11.9. The number of carbonyl (C=O) groups excluding carboxylic acids is 1. The fourth-order valence-corrected chi connectivity index (χ4v) is 2.40. The summed E-state index contributed by atoms with van der Waals surface area (Å²) in [6, 6.07) is 7.75.